The minimum atomic E-state index is -3.36. The van der Waals surface area contributed by atoms with Crippen LogP contribution in [0.4, 0.5) is 0 Å². The van der Waals surface area contributed by atoms with Crippen molar-refractivity contribution in [3.8, 4) is 0 Å². The Kier molecular flexibility index (Phi) is 9.57. The molecule has 1 aliphatic heterocycles. The van der Waals surface area contributed by atoms with E-state index in [2.05, 4.69) is 5.32 Å². The maximum Gasteiger partial charge on any atom is 0.253 e. The van der Waals surface area contributed by atoms with Gasteiger partial charge in [-0.2, -0.15) is 0 Å². The predicted molar refractivity (Wildman–Crippen MR) is 105 cm³/mol. The number of carbonyl (C=O) groups is 1. The molecule has 1 aliphatic rings. The Morgan fingerprint density at radius 3 is 2.38 bits per heavy atom. The number of nitrogens with one attached hydrogen (secondary N) is 1. The molecule has 0 bridgehead atoms. The Balaban J connectivity index is 0.00000338. The number of rotatable bonds is 8. The molecule has 0 atom stereocenters. The molecule has 1 amide bonds. The number of hydrogen-bond acceptors (Lipinski definition) is 5. The molecular formula is C18H29ClN2O4S. The molecular weight excluding hydrogens is 376 g/mol. The molecule has 148 valence electrons. The van der Waals surface area contributed by atoms with E-state index < -0.39 is 9.84 Å². The van der Waals surface area contributed by atoms with Crippen LogP contribution in [0.1, 0.15) is 29.6 Å². The van der Waals surface area contributed by atoms with E-state index in [4.69, 9.17) is 4.74 Å². The van der Waals surface area contributed by atoms with E-state index in [0.29, 0.717) is 11.5 Å². The summed E-state index contributed by atoms with van der Waals surface area (Å²) in [5, 5.41) is 3.17. The van der Waals surface area contributed by atoms with Gasteiger partial charge in [0.05, 0.1) is 17.3 Å². The zero-order valence-corrected chi connectivity index (χ0v) is 17.1. The molecule has 26 heavy (non-hydrogen) atoms. The van der Waals surface area contributed by atoms with Crippen LogP contribution in [0, 0.1) is 5.92 Å². The number of piperidine rings is 1. The molecule has 1 N–H and O–H groups in total. The van der Waals surface area contributed by atoms with Gasteiger partial charge in [0.25, 0.3) is 5.91 Å². The van der Waals surface area contributed by atoms with Crippen LogP contribution in [0.5, 0.6) is 0 Å². The summed E-state index contributed by atoms with van der Waals surface area (Å²) in [6, 6.07) is 6.24. The highest BCUT2D eigenvalue weighted by molar-refractivity contribution is 7.91. The highest BCUT2D eigenvalue weighted by atomic mass is 35.5. The smallest absolute Gasteiger partial charge is 0.253 e. The number of likely N-dealkylation sites (tertiary alicyclic amines) is 1. The summed E-state index contributed by atoms with van der Waals surface area (Å²) in [7, 11) is 0.0658. The Morgan fingerprint density at radius 2 is 1.85 bits per heavy atom. The lowest BCUT2D eigenvalue weighted by Crippen LogP contribution is -2.38. The van der Waals surface area contributed by atoms with Crippen LogP contribution in [0.2, 0.25) is 0 Å². The number of sulfone groups is 1. The fraction of sp³-hybridized carbons (Fsp3) is 0.611. The third kappa shape index (κ3) is 6.23. The molecule has 1 saturated heterocycles. The molecule has 0 spiro atoms. The minimum Gasteiger partial charge on any atom is -0.384 e. The summed E-state index contributed by atoms with van der Waals surface area (Å²) in [5.41, 5.74) is 0.541. The lowest BCUT2D eigenvalue weighted by atomic mass is 9.93. The zero-order valence-electron chi connectivity index (χ0n) is 15.4. The van der Waals surface area contributed by atoms with Crippen LogP contribution in [-0.4, -0.2) is 65.4 Å². The van der Waals surface area contributed by atoms with Gasteiger partial charge in [-0.05, 0) is 63.0 Å². The highest BCUT2D eigenvalue weighted by Crippen LogP contribution is 2.22. The fourth-order valence-corrected chi connectivity index (χ4v) is 4.24. The van der Waals surface area contributed by atoms with Gasteiger partial charge in [-0.15, -0.1) is 12.4 Å². The van der Waals surface area contributed by atoms with Gasteiger partial charge in [-0.1, -0.05) is 0 Å². The molecule has 0 radical (unpaired) electrons. The van der Waals surface area contributed by atoms with Crippen LogP contribution in [0.15, 0.2) is 29.2 Å². The number of ether oxygens (including phenoxy) is 1. The molecule has 1 fully saturated rings. The van der Waals surface area contributed by atoms with Gasteiger partial charge < -0.3 is 15.0 Å². The van der Waals surface area contributed by atoms with Crippen molar-refractivity contribution in [3.05, 3.63) is 29.8 Å². The minimum absolute atomic E-state index is 0. The van der Waals surface area contributed by atoms with Crippen LogP contribution < -0.4 is 5.32 Å². The number of amides is 1. The molecule has 0 unspecified atom stereocenters. The summed E-state index contributed by atoms with van der Waals surface area (Å²) in [6.45, 7) is 2.70. The van der Waals surface area contributed by atoms with Crippen molar-refractivity contribution < 1.29 is 17.9 Å². The van der Waals surface area contributed by atoms with E-state index in [1.54, 1.807) is 12.1 Å². The van der Waals surface area contributed by atoms with Crippen molar-refractivity contribution in [2.75, 3.05) is 46.2 Å². The van der Waals surface area contributed by atoms with E-state index in [9.17, 15) is 13.2 Å². The van der Waals surface area contributed by atoms with E-state index in [1.165, 1.54) is 19.2 Å². The average Bonchev–Trinajstić information content (AvgIpc) is 2.64. The first-order valence-corrected chi connectivity index (χ1v) is 10.4. The predicted octanol–water partition coefficient (Wildman–Crippen LogP) is 1.99. The van der Waals surface area contributed by atoms with Crippen molar-refractivity contribution in [2.45, 2.75) is 24.2 Å². The first-order chi connectivity index (χ1) is 12.0. The number of nitrogens with zero attached hydrogens (tertiary/aromatic N) is 1. The van der Waals surface area contributed by atoms with Crippen LogP contribution in [0.3, 0.4) is 0 Å². The van der Waals surface area contributed by atoms with E-state index in [-0.39, 0.29) is 35.6 Å². The van der Waals surface area contributed by atoms with Gasteiger partial charge in [0.15, 0.2) is 9.84 Å². The zero-order chi connectivity index (χ0) is 18.3. The summed E-state index contributed by atoms with van der Waals surface area (Å²) in [5.74, 6) is 0.592. The molecule has 1 aromatic rings. The van der Waals surface area contributed by atoms with Crippen molar-refractivity contribution in [1.29, 1.82) is 0 Å². The molecule has 0 aromatic heterocycles. The van der Waals surface area contributed by atoms with Gasteiger partial charge in [0.2, 0.25) is 0 Å². The van der Waals surface area contributed by atoms with Crippen molar-refractivity contribution in [3.63, 3.8) is 0 Å². The van der Waals surface area contributed by atoms with Gasteiger partial charge in [-0.25, -0.2) is 8.42 Å². The Hall–Kier alpha value is -1.15. The first kappa shape index (κ1) is 22.9. The van der Waals surface area contributed by atoms with Gasteiger partial charge in [0.1, 0.15) is 0 Å². The third-order valence-electron chi connectivity index (χ3n) is 4.72. The summed E-state index contributed by atoms with van der Waals surface area (Å²) >= 11 is 0. The number of halogens is 1. The summed E-state index contributed by atoms with van der Waals surface area (Å²) in [6.07, 6.45) is 3.19. The monoisotopic (exact) mass is 404 g/mol. The second-order valence-corrected chi connectivity index (χ2v) is 8.57. The lowest BCUT2D eigenvalue weighted by Gasteiger charge is -2.32. The topological polar surface area (TPSA) is 75.7 Å². The normalized spacial score (nSPS) is 15.5. The molecule has 2 rings (SSSR count). The van der Waals surface area contributed by atoms with E-state index in [0.717, 1.165) is 38.9 Å². The maximum absolute atomic E-state index is 12.6. The van der Waals surface area contributed by atoms with Crippen molar-refractivity contribution in [1.82, 2.24) is 10.2 Å². The van der Waals surface area contributed by atoms with Crippen LogP contribution in [0.25, 0.3) is 0 Å². The molecule has 8 heteroatoms. The molecule has 6 nitrogen and oxygen atoms in total. The SMILES string of the molecule is CNCCC1CCN(C(=O)c2ccc(S(=O)(=O)CCOC)cc2)CC1.Cl. The molecule has 1 aromatic carbocycles. The Labute approximate surface area is 162 Å². The van der Waals surface area contributed by atoms with Crippen molar-refractivity contribution in [2.24, 2.45) is 5.92 Å². The van der Waals surface area contributed by atoms with E-state index >= 15 is 0 Å². The van der Waals surface area contributed by atoms with Gasteiger partial charge >= 0.3 is 0 Å². The lowest BCUT2D eigenvalue weighted by molar-refractivity contribution is 0.0687. The van der Waals surface area contributed by atoms with Gasteiger partial charge in [0, 0.05) is 25.8 Å². The number of methoxy groups -OCH3 is 1. The van der Waals surface area contributed by atoms with Crippen LogP contribution >= 0.6 is 12.4 Å². The number of hydrogen-bond donors (Lipinski definition) is 1. The quantitative estimate of drug-likeness (QED) is 0.717. The highest BCUT2D eigenvalue weighted by Gasteiger charge is 2.23. The second-order valence-electron chi connectivity index (χ2n) is 6.46. The summed E-state index contributed by atoms with van der Waals surface area (Å²) in [4.78, 5) is 14.7. The number of carbonyl (C=O) groups excluding carboxylic acids is 1. The fourth-order valence-electron chi connectivity index (χ4n) is 3.07. The first-order valence-electron chi connectivity index (χ1n) is 8.73. The van der Waals surface area contributed by atoms with E-state index in [1.807, 2.05) is 11.9 Å². The van der Waals surface area contributed by atoms with Gasteiger partial charge in [-0.3, -0.25) is 4.79 Å². The number of benzene rings is 1. The molecule has 1 heterocycles. The third-order valence-corrected chi connectivity index (χ3v) is 6.42. The second kappa shape index (κ2) is 10.9. The molecule has 0 aliphatic carbocycles. The summed E-state index contributed by atoms with van der Waals surface area (Å²) < 4.78 is 29.1. The Morgan fingerprint density at radius 1 is 1.23 bits per heavy atom. The molecule has 0 saturated carbocycles. The average molecular weight is 405 g/mol. The maximum atomic E-state index is 12.6. The van der Waals surface area contributed by atoms with Crippen molar-refractivity contribution >= 4 is 28.2 Å². The largest absolute Gasteiger partial charge is 0.384 e. The van der Waals surface area contributed by atoms with Crippen LogP contribution in [-0.2, 0) is 14.6 Å². The standard InChI is InChI=1S/C18H28N2O4S.ClH/c1-19-10-7-15-8-11-20(12-9-15)18(21)16-3-5-17(6-4-16)25(22,23)14-13-24-2;/h3-6,15,19H,7-14H2,1-2H3;1H. The Bertz CT molecular complexity index is 656.